The summed E-state index contributed by atoms with van der Waals surface area (Å²) in [5.41, 5.74) is 5.67. The summed E-state index contributed by atoms with van der Waals surface area (Å²) >= 11 is 0. The molecule has 1 heterocycles. The Hall–Kier alpha value is -1.29. The number of hydrogen-bond acceptors (Lipinski definition) is 3. The van der Waals surface area contributed by atoms with Crippen LogP contribution in [0.3, 0.4) is 0 Å². The van der Waals surface area contributed by atoms with Gasteiger partial charge in [0.05, 0.1) is 6.26 Å². The lowest BCUT2D eigenvalue weighted by atomic mass is 10.0. The van der Waals surface area contributed by atoms with Crippen LogP contribution in [-0.2, 0) is 11.2 Å². The molecular formula is C12H20N2O2. The first-order valence-electron chi connectivity index (χ1n) is 5.59. The normalized spacial score (nSPS) is 16.5. The van der Waals surface area contributed by atoms with Crippen molar-refractivity contribution in [2.75, 3.05) is 0 Å². The Balaban J connectivity index is 2.39. The number of rotatable bonds is 5. The van der Waals surface area contributed by atoms with Crippen molar-refractivity contribution in [1.29, 1.82) is 0 Å². The first-order valence-corrected chi connectivity index (χ1v) is 5.59. The third kappa shape index (κ3) is 3.70. The van der Waals surface area contributed by atoms with Gasteiger partial charge in [0.25, 0.3) is 0 Å². The standard InChI is InChI=1S/C12H20N2O2/c1-8(7-11-5-4-6-16-11)14-12(15)9(2)10(3)13/h4-6,8-10H,7,13H2,1-3H3,(H,14,15). The van der Waals surface area contributed by atoms with Crippen LogP contribution in [0.5, 0.6) is 0 Å². The van der Waals surface area contributed by atoms with Crippen molar-refractivity contribution in [2.24, 2.45) is 11.7 Å². The maximum Gasteiger partial charge on any atom is 0.224 e. The molecule has 4 heteroatoms. The summed E-state index contributed by atoms with van der Waals surface area (Å²) in [6.45, 7) is 5.62. The molecule has 0 radical (unpaired) electrons. The fourth-order valence-corrected chi connectivity index (χ4v) is 1.39. The second-order valence-electron chi connectivity index (χ2n) is 4.34. The first-order chi connectivity index (χ1) is 7.50. The molecule has 0 spiro atoms. The van der Waals surface area contributed by atoms with Crippen molar-refractivity contribution in [2.45, 2.75) is 39.3 Å². The molecule has 0 saturated heterocycles. The van der Waals surface area contributed by atoms with Gasteiger partial charge in [0.1, 0.15) is 5.76 Å². The lowest BCUT2D eigenvalue weighted by Crippen LogP contribution is -2.43. The minimum absolute atomic E-state index is 0.00550. The lowest BCUT2D eigenvalue weighted by molar-refractivity contribution is -0.125. The second-order valence-corrected chi connectivity index (χ2v) is 4.34. The number of carbonyl (C=O) groups excluding carboxylic acids is 1. The van der Waals surface area contributed by atoms with E-state index in [0.717, 1.165) is 5.76 Å². The molecule has 0 bridgehead atoms. The van der Waals surface area contributed by atoms with Crippen LogP contribution in [0.4, 0.5) is 0 Å². The molecule has 0 fully saturated rings. The highest BCUT2D eigenvalue weighted by Crippen LogP contribution is 2.05. The van der Waals surface area contributed by atoms with Gasteiger partial charge in [0.15, 0.2) is 0 Å². The maximum absolute atomic E-state index is 11.7. The summed E-state index contributed by atoms with van der Waals surface area (Å²) in [6.07, 6.45) is 2.33. The number of amides is 1. The predicted molar refractivity (Wildman–Crippen MR) is 62.8 cm³/mol. The van der Waals surface area contributed by atoms with Gasteiger partial charge in [-0.3, -0.25) is 4.79 Å². The number of hydrogen-bond donors (Lipinski definition) is 2. The van der Waals surface area contributed by atoms with E-state index in [-0.39, 0.29) is 23.9 Å². The summed E-state index contributed by atoms with van der Waals surface area (Å²) in [6, 6.07) is 3.67. The van der Waals surface area contributed by atoms with Crippen LogP contribution in [0.2, 0.25) is 0 Å². The quantitative estimate of drug-likeness (QED) is 0.792. The molecule has 16 heavy (non-hydrogen) atoms. The summed E-state index contributed by atoms with van der Waals surface area (Å²) in [5.74, 6) is 0.703. The number of nitrogens with two attached hydrogens (primary N) is 1. The summed E-state index contributed by atoms with van der Waals surface area (Å²) in [7, 11) is 0. The van der Waals surface area contributed by atoms with Gasteiger partial charge >= 0.3 is 0 Å². The first kappa shape index (κ1) is 12.8. The van der Waals surface area contributed by atoms with Crippen LogP contribution < -0.4 is 11.1 Å². The Kier molecular flexibility index (Phi) is 4.55. The zero-order valence-electron chi connectivity index (χ0n) is 10.1. The van der Waals surface area contributed by atoms with Gasteiger partial charge in [0, 0.05) is 24.4 Å². The molecule has 3 unspecified atom stereocenters. The molecule has 1 rings (SSSR count). The number of carbonyl (C=O) groups is 1. The lowest BCUT2D eigenvalue weighted by Gasteiger charge is -2.19. The molecule has 0 aromatic carbocycles. The molecule has 0 aliphatic rings. The monoisotopic (exact) mass is 224 g/mol. The second kappa shape index (κ2) is 5.70. The van der Waals surface area contributed by atoms with Crippen LogP contribution >= 0.6 is 0 Å². The van der Waals surface area contributed by atoms with E-state index in [9.17, 15) is 4.79 Å². The predicted octanol–water partition coefficient (Wildman–Crippen LogP) is 1.31. The van der Waals surface area contributed by atoms with E-state index in [1.165, 1.54) is 0 Å². The number of furan rings is 1. The van der Waals surface area contributed by atoms with E-state index in [2.05, 4.69) is 5.32 Å². The fourth-order valence-electron chi connectivity index (χ4n) is 1.39. The Morgan fingerprint density at radius 3 is 2.69 bits per heavy atom. The van der Waals surface area contributed by atoms with E-state index in [0.29, 0.717) is 6.42 Å². The van der Waals surface area contributed by atoms with Crippen molar-refractivity contribution >= 4 is 5.91 Å². The maximum atomic E-state index is 11.7. The molecule has 3 N–H and O–H groups in total. The van der Waals surface area contributed by atoms with Gasteiger partial charge < -0.3 is 15.5 Å². The molecule has 1 amide bonds. The summed E-state index contributed by atoms with van der Waals surface area (Å²) < 4.78 is 5.22. The van der Waals surface area contributed by atoms with Gasteiger partial charge in [-0.15, -0.1) is 0 Å². The Bertz CT molecular complexity index is 320. The smallest absolute Gasteiger partial charge is 0.224 e. The SMILES string of the molecule is CC(Cc1ccco1)NC(=O)C(C)C(C)N. The average molecular weight is 224 g/mol. The topological polar surface area (TPSA) is 68.3 Å². The van der Waals surface area contributed by atoms with Crippen molar-refractivity contribution in [3.8, 4) is 0 Å². The Morgan fingerprint density at radius 2 is 2.19 bits per heavy atom. The van der Waals surface area contributed by atoms with Crippen molar-refractivity contribution in [3.63, 3.8) is 0 Å². The van der Waals surface area contributed by atoms with Gasteiger partial charge in [0.2, 0.25) is 5.91 Å². The van der Waals surface area contributed by atoms with Gasteiger partial charge in [-0.05, 0) is 26.0 Å². The molecule has 0 aliphatic carbocycles. The molecule has 90 valence electrons. The minimum atomic E-state index is -0.168. The molecular weight excluding hydrogens is 204 g/mol. The third-order valence-electron chi connectivity index (χ3n) is 2.68. The Labute approximate surface area is 96.2 Å². The molecule has 4 nitrogen and oxygen atoms in total. The fraction of sp³-hybridized carbons (Fsp3) is 0.583. The highest BCUT2D eigenvalue weighted by molar-refractivity contribution is 5.79. The summed E-state index contributed by atoms with van der Waals surface area (Å²) in [4.78, 5) is 11.7. The molecule has 1 aromatic heterocycles. The van der Waals surface area contributed by atoms with Crippen LogP contribution in [0.25, 0.3) is 0 Å². The highest BCUT2D eigenvalue weighted by atomic mass is 16.3. The average Bonchev–Trinajstić information content (AvgIpc) is 2.68. The molecule has 1 aromatic rings. The van der Waals surface area contributed by atoms with E-state index in [4.69, 9.17) is 10.2 Å². The Morgan fingerprint density at radius 1 is 1.50 bits per heavy atom. The highest BCUT2D eigenvalue weighted by Gasteiger charge is 2.18. The molecule has 3 atom stereocenters. The van der Waals surface area contributed by atoms with E-state index in [1.54, 1.807) is 6.26 Å². The largest absolute Gasteiger partial charge is 0.469 e. The van der Waals surface area contributed by atoms with Crippen molar-refractivity contribution in [3.05, 3.63) is 24.2 Å². The zero-order chi connectivity index (χ0) is 12.1. The summed E-state index contributed by atoms with van der Waals surface area (Å²) in [5, 5.41) is 2.92. The van der Waals surface area contributed by atoms with Crippen molar-refractivity contribution < 1.29 is 9.21 Å². The zero-order valence-corrected chi connectivity index (χ0v) is 10.1. The van der Waals surface area contributed by atoms with Gasteiger partial charge in [-0.1, -0.05) is 6.92 Å². The van der Waals surface area contributed by atoms with Crippen LogP contribution in [0.15, 0.2) is 22.8 Å². The van der Waals surface area contributed by atoms with E-state index >= 15 is 0 Å². The van der Waals surface area contributed by atoms with Crippen LogP contribution in [0, 0.1) is 5.92 Å². The van der Waals surface area contributed by atoms with Gasteiger partial charge in [-0.25, -0.2) is 0 Å². The molecule has 0 saturated carbocycles. The van der Waals surface area contributed by atoms with Crippen LogP contribution in [-0.4, -0.2) is 18.0 Å². The van der Waals surface area contributed by atoms with Crippen molar-refractivity contribution in [1.82, 2.24) is 5.32 Å². The van der Waals surface area contributed by atoms with Crippen LogP contribution in [0.1, 0.15) is 26.5 Å². The number of nitrogens with one attached hydrogen (secondary N) is 1. The van der Waals surface area contributed by atoms with E-state index < -0.39 is 0 Å². The van der Waals surface area contributed by atoms with Gasteiger partial charge in [-0.2, -0.15) is 0 Å². The minimum Gasteiger partial charge on any atom is -0.469 e. The van der Waals surface area contributed by atoms with E-state index in [1.807, 2.05) is 32.9 Å². The third-order valence-corrected chi connectivity index (χ3v) is 2.68. The molecule has 0 aliphatic heterocycles.